The Morgan fingerprint density at radius 2 is 1.97 bits per heavy atom. The van der Waals surface area contributed by atoms with Crippen molar-refractivity contribution in [3.63, 3.8) is 0 Å². The highest BCUT2D eigenvalue weighted by molar-refractivity contribution is 6.32. The SMILES string of the molecule is CNNC=O.Cc1c(NCC(C)O)ccc(C#N)c1Cl.O=Cc1ccc(F)c(O)c1. The van der Waals surface area contributed by atoms with Gasteiger partial charge in [0.15, 0.2) is 11.6 Å². The van der Waals surface area contributed by atoms with Gasteiger partial charge in [-0.15, -0.1) is 0 Å². The van der Waals surface area contributed by atoms with Crippen LogP contribution >= 0.6 is 11.6 Å². The number of hydrogen-bond acceptors (Lipinski definition) is 7. The minimum absolute atomic E-state index is 0.263. The predicted octanol–water partition coefficient (Wildman–Crippen LogP) is 2.52. The number of carbonyl (C=O) groups excluding carboxylic acids is 2. The van der Waals surface area contributed by atoms with Crippen molar-refractivity contribution in [2.75, 3.05) is 18.9 Å². The van der Waals surface area contributed by atoms with E-state index in [1.807, 2.05) is 13.0 Å². The molecule has 2 aromatic carbocycles. The highest BCUT2D eigenvalue weighted by Crippen LogP contribution is 2.26. The zero-order chi connectivity index (χ0) is 23.1. The minimum Gasteiger partial charge on any atom is -0.505 e. The van der Waals surface area contributed by atoms with Crippen LogP contribution in [0.15, 0.2) is 30.3 Å². The van der Waals surface area contributed by atoms with Crippen LogP contribution < -0.4 is 16.2 Å². The number of aldehydes is 1. The summed E-state index contributed by atoms with van der Waals surface area (Å²) in [5, 5.41) is 30.1. The van der Waals surface area contributed by atoms with Crippen LogP contribution in [0, 0.1) is 24.1 Å². The fourth-order valence-electron chi connectivity index (χ4n) is 1.88. The van der Waals surface area contributed by atoms with Crippen molar-refractivity contribution in [3.05, 3.63) is 57.9 Å². The Bertz CT molecular complexity index is 873. The molecule has 2 aromatic rings. The molecule has 0 aliphatic carbocycles. The van der Waals surface area contributed by atoms with Gasteiger partial charge in [-0.05, 0) is 49.7 Å². The molecule has 0 spiro atoms. The van der Waals surface area contributed by atoms with Gasteiger partial charge in [0.25, 0.3) is 0 Å². The quantitative estimate of drug-likeness (QED) is 0.345. The lowest BCUT2D eigenvalue weighted by molar-refractivity contribution is -0.110. The number of amides is 1. The second-order valence-electron chi connectivity index (χ2n) is 5.78. The zero-order valence-corrected chi connectivity index (χ0v) is 17.5. The number of nitriles is 1. The molecule has 0 saturated carbocycles. The summed E-state index contributed by atoms with van der Waals surface area (Å²) < 4.78 is 12.3. The van der Waals surface area contributed by atoms with Crippen LogP contribution in [0.5, 0.6) is 5.75 Å². The van der Waals surface area contributed by atoms with Crippen LogP contribution in [0.4, 0.5) is 10.1 Å². The van der Waals surface area contributed by atoms with Crippen LogP contribution in [0.2, 0.25) is 5.02 Å². The molecular weight excluding hydrogens is 415 g/mol. The van der Waals surface area contributed by atoms with Gasteiger partial charge >= 0.3 is 0 Å². The third kappa shape index (κ3) is 9.84. The number of hydrogen-bond donors (Lipinski definition) is 5. The fourth-order valence-corrected chi connectivity index (χ4v) is 2.09. The number of aliphatic hydroxyl groups excluding tert-OH is 1. The first-order chi connectivity index (χ1) is 14.2. The van der Waals surface area contributed by atoms with Crippen molar-refractivity contribution < 1.29 is 24.2 Å². The maximum absolute atomic E-state index is 12.3. The van der Waals surface area contributed by atoms with E-state index in [4.69, 9.17) is 27.1 Å². The van der Waals surface area contributed by atoms with Gasteiger partial charge in [-0.2, -0.15) is 5.26 Å². The highest BCUT2D eigenvalue weighted by atomic mass is 35.5. The second-order valence-corrected chi connectivity index (χ2v) is 6.16. The van der Waals surface area contributed by atoms with E-state index < -0.39 is 17.7 Å². The Morgan fingerprint density at radius 3 is 2.40 bits per heavy atom. The number of phenols is 1. The number of phenolic OH excluding ortho intramolecular Hbond substituents is 1. The standard InChI is InChI=1S/C11H13ClN2O.C7H5FO2.C2H6N2O/c1-7(15)6-14-10-4-3-9(5-13)11(12)8(10)2;8-6-2-1-5(4-9)3-7(6)10;1-3-4-2-5/h3-4,7,14-15H,6H2,1-2H3;1-4,10H;2-3H,1H3,(H,4,5). The maximum Gasteiger partial charge on any atom is 0.221 e. The number of hydrazine groups is 1. The molecule has 1 atom stereocenters. The summed E-state index contributed by atoms with van der Waals surface area (Å²) in [5.41, 5.74) is 6.99. The van der Waals surface area contributed by atoms with Gasteiger partial charge in [-0.3, -0.25) is 15.0 Å². The average molecular weight is 439 g/mol. The van der Waals surface area contributed by atoms with E-state index in [0.717, 1.165) is 23.4 Å². The highest BCUT2D eigenvalue weighted by Gasteiger charge is 2.07. The Labute approximate surface area is 179 Å². The summed E-state index contributed by atoms with van der Waals surface area (Å²) in [4.78, 5) is 19.3. The molecule has 0 aliphatic rings. The van der Waals surface area contributed by atoms with Crippen molar-refractivity contribution in [1.82, 2.24) is 10.9 Å². The lowest BCUT2D eigenvalue weighted by Crippen LogP contribution is -2.24. The molecule has 1 amide bonds. The molecule has 1 unspecified atom stereocenters. The molecule has 162 valence electrons. The predicted molar refractivity (Wildman–Crippen MR) is 113 cm³/mol. The number of anilines is 1. The van der Waals surface area contributed by atoms with Gasteiger partial charge < -0.3 is 15.5 Å². The number of nitrogens with one attached hydrogen (secondary N) is 3. The zero-order valence-electron chi connectivity index (χ0n) is 16.7. The first kappa shape index (κ1) is 26.8. The Morgan fingerprint density at radius 1 is 1.30 bits per heavy atom. The molecule has 0 saturated heterocycles. The van der Waals surface area contributed by atoms with Gasteiger partial charge in [-0.1, -0.05) is 11.6 Å². The molecule has 5 N–H and O–H groups in total. The minimum atomic E-state index is -0.717. The van der Waals surface area contributed by atoms with E-state index in [2.05, 4.69) is 16.2 Å². The van der Waals surface area contributed by atoms with Crippen molar-refractivity contribution >= 4 is 30.0 Å². The number of aliphatic hydroxyl groups is 1. The van der Waals surface area contributed by atoms with E-state index in [0.29, 0.717) is 29.8 Å². The summed E-state index contributed by atoms with van der Waals surface area (Å²) >= 11 is 5.99. The van der Waals surface area contributed by atoms with Crippen molar-refractivity contribution in [2.45, 2.75) is 20.0 Å². The molecule has 0 aliphatic heterocycles. The normalized spacial score (nSPS) is 10.2. The number of rotatable bonds is 6. The van der Waals surface area contributed by atoms with Crippen LogP contribution in [0.1, 0.15) is 28.4 Å². The topological polar surface area (TPSA) is 134 Å². The lowest BCUT2D eigenvalue weighted by atomic mass is 10.1. The van der Waals surface area contributed by atoms with Crippen LogP contribution in [0.3, 0.4) is 0 Å². The van der Waals surface area contributed by atoms with Crippen LogP contribution in [-0.2, 0) is 4.79 Å². The molecule has 0 radical (unpaired) electrons. The van der Waals surface area contributed by atoms with E-state index >= 15 is 0 Å². The van der Waals surface area contributed by atoms with Gasteiger partial charge in [0.2, 0.25) is 6.41 Å². The molecule has 2 rings (SSSR count). The number of benzene rings is 2. The summed E-state index contributed by atoms with van der Waals surface area (Å²) in [6.07, 6.45) is 0.693. The Kier molecular flexibility index (Phi) is 13.2. The number of halogens is 2. The van der Waals surface area contributed by atoms with Crippen LogP contribution in [-0.4, -0.2) is 42.6 Å². The molecule has 0 aromatic heterocycles. The van der Waals surface area contributed by atoms with Crippen molar-refractivity contribution in [1.29, 1.82) is 5.26 Å². The van der Waals surface area contributed by atoms with Crippen molar-refractivity contribution in [3.8, 4) is 11.8 Å². The molecule has 0 bridgehead atoms. The number of carbonyl (C=O) groups is 2. The second kappa shape index (κ2) is 14.8. The van der Waals surface area contributed by atoms with Crippen molar-refractivity contribution in [2.24, 2.45) is 0 Å². The maximum atomic E-state index is 12.3. The third-order valence-corrected chi connectivity index (χ3v) is 3.89. The lowest BCUT2D eigenvalue weighted by Gasteiger charge is -2.12. The molecule has 0 fully saturated rings. The molecule has 30 heavy (non-hydrogen) atoms. The first-order valence-corrected chi connectivity index (χ1v) is 9.00. The van der Waals surface area contributed by atoms with E-state index in [1.54, 1.807) is 26.1 Å². The summed E-state index contributed by atoms with van der Waals surface area (Å²) in [5.74, 6) is -1.21. The first-order valence-electron chi connectivity index (χ1n) is 8.62. The number of nitrogens with zero attached hydrogens (tertiary/aromatic N) is 1. The number of aromatic hydroxyl groups is 1. The van der Waals surface area contributed by atoms with E-state index in [9.17, 15) is 14.0 Å². The van der Waals surface area contributed by atoms with E-state index in [1.165, 1.54) is 6.07 Å². The monoisotopic (exact) mass is 438 g/mol. The fraction of sp³-hybridized carbons (Fsp3) is 0.250. The van der Waals surface area contributed by atoms with Crippen LogP contribution in [0.25, 0.3) is 0 Å². The average Bonchev–Trinajstić information content (AvgIpc) is 2.72. The molecule has 0 heterocycles. The molecule has 8 nitrogen and oxygen atoms in total. The largest absolute Gasteiger partial charge is 0.505 e. The Hall–Kier alpha value is -3.19. The summed E-state index contributed by atoms with van der Waals surface area (Å²) in [6.45, 7) is 4.00. The molecular formula is C20H24ClFN4O4. The Balaban J connectivity index is 0.000000481. The van der Waals surface area contributed by atoms with Gasteiger partial charge in [0, 0.05) is 24.8 Å². The van der Waals surface area contributed by atoms with Gasteiger partial charge in [0.1, 0.15) is 12.4 Å². The van der Waals surface area contributed by atoms with Gasteiger partial charge in [0.05, 0.1) is 16.7 Å². The smallest absolute Gasteiger partial charge is 0.221 e. The summed E-state index contributed by atoms with van der Waals surface area (Å²) in [7, 11) is 1.62. The third-order valence-electron chi connectivity index (χ3n) is 3.40. The summed E-state index contributed by atoms with van der Waals surface area (Å²) in [6, 6.07) is 8.89. The van der Waals surface area contributed by atoms with E-state index in [-0.39, 0.29) is 5.56 Å². The molecule has 10 heteroatoms. The van der Waals surface area contributed by atoms with Gasteiger partial charge in [-0.25, -0.2) is 9.82 Å².